The molecule has 1 aliphatic carbocycles. The monoisotopic (exact) mass is 534 g/mol. The van der Waals surface area contributed by atoms with Crippen LogP contribution >= 0.6 is 11.6 Å². The highest BCUT2D eigenvalue weighted by atomic mass is 35.5. The lowest BCUT2D eigenvalue weighted by molar-refractivity contribution is 0.102. The Balaban J connectivity index is 1.21. The molecule has 0 spiro atoms. The molecule has 0 bridgehead atoms. The molecule has 1 aromatic heterocycles. The first kappa shape index (κ1) is 27.5. The lowest BCUT2D eigenvalue weighted by Gasteiger charge is -2.15. The number of benzene rings is 2. The summed E-state index contributed by atoms with van der Waals surface area (Å²) in [4.78, 5) is 29.8. The molecule has 38 heavy (non-hydrogen) atoms. The fourth-order valence-corrected chi connectivity index (χ4v) is 4.44. The third kappa shape index (κ3) is 8.21. The van der Waals surface area contributed by atoms with Crippen LogP contribution in [0.25, 0.3) is 0 Å². The minimum Gasteiger partial charge on any atom is -0.445 e. The van der Waals surface area contributed by atoms with Gasteiger partial charge in [0.25, 0.3) is 5.91 Å². The number of nitrogens with one attached hydrogen (secondary N) is 3. The van der Waals surface area contributed by atoms with Gasteiger partial charge in [0, 0.05) is 34.9 Å². The van der Waals surface area contributed by atoms with Gasteiger partial charge in [0.05, 0.1) is 5.56 Å². The van der Waals surface area contributed by atoms with Crippen LogP contribution < -0.4 is 16.0 Å². The fraction of sp³-hybridized carbons (Fsp3) is 0.367. The predicted octanol–water partition coefficient (Wildman–Crippen LogP) is 7.07. The van der Waals surface area contributed by atoms with E-state index in [-0.39, 0.29) is 18.6 Å². The third-order valence-electron chi connectivity index (χ3n) is 6.52. The van der Waals surface area contributed by atoms with Gasteiger partial charge in [-0.15, -0.1) is 0 Å². The Labute approximate surface area is 229 Å². The molecule has 1 atom stereocenters. The molecule has 8 heteroatoms. The van der Waals surface area contributed by atoms with E-state index in [9.17, 15) is 9.59 Å². The number of aryl methyl sites for hydroxylation is 1. The molecule has 0 radical (unpaired) electrons. The van der Waals surface area contributed by atoms with Crippen LogP contribution in [0.5, 0.6) is 0 Å². The summed E-state index contributed by atoms with van der Waals surface area (Å²) >= 11 is 6.22. The van der Waals surface area contributed by atoms with Crippen LogP contribution in [-0.2, 0) is 11.3 Å². The number of nitrogens with zero attached hydrogens (tertiary/aromatic N) is 1. The molecule has 1 heterocycles. The van der Waals surface area contributed by atoms with Crippen molar-refractivity contribution < 1.29 is 14.3 Å². The number of halogens is 1. The number of aromatic nitrogens is 1. The summed E-state index contributed by atoms with van der Waals surface area (Å²) in [6.45, 7) is 4.94. The normalized spacial score (nSPS) is 13.4. The van der Waals surface area contributed by atoms with Crippen molar-refractivity contribution in [1.82, 2.24) is 10.3 Å². The topological polar surface area (TPSA) is 92.4 Å². The summed E-state index contributed by atoms with van der Waals surface area (Å²) in [5.41, 5.74) is 4.38. The number of amides is 2. The van der Waals surface area contributed by atoms with E-state index < -0.39 is 6.09 Å². The molecule has 0 aliphatic heterocycles. The van der Waals surface area contributed by atoms with Crippen LogP contribution in [0.4, 0.5) is 16.3 Å². The number of pyridine rings is 1. The first-order valence-electron chi connectivity index (χ1n) is 13.2. The van der Waals surface area contributed by atoms with Crippen LogP contribution in [-0.4, -0.2) is 29.6 Å². The summed E-state index contributed by atoms with van der Waals surface area (Å²) in [7, 11) is 0. The first-order chi connectivity index (χ1) is 18.4. The van der Waals surface area contributed by atoms with Gasteiger partial charge in [-0.3, -0.25) is 4.79 Å². The van der Waals surface area contributed by atoms with Crippen LogP contribution in [0.2, 0.25) is 5.02 Å². The Morgan fingerprint density at radius 2 is 1.87 bits per heavy atom. The molecule has 200 valence electrons. The van der Waals surface area contributed by atoms with Gasteiger partial charge in [-0.2, -0.15) is 0 Å². The van der Waals surface area contributed by atoms with Crippen molar-refractivity contribution in [2.75, 3.05) is 17.2 Å². The van der Waals surface area contributed by atoms with Gasteiger partial charge in [-0.1, -0.05) is 48.0 Å². The largest absolute Gasteiger partial charge is 0.445 e. The Kier molecular flexibility index (Phi) is 9.60. The molecule has 4 rings (SSSR count). The number of anilines is 2. The second-order valence-corrected chi connectivity index (χ2v) is 10.3. The molecule has 2 amide bonds. The van der Waals surface area contributed by atoms with Crippen molar-refractivity contribution in [1.29, 1.82) is 0 Å². The maximum Gasteiger partial charge on any atom is 0.407 e. The number of hydrogen-bond acceptors (Lipinski definition) is 5. The fourth-order valence-electron chi connectivity index (χ4n) is 4.27. The standard InChI is InChI=1S/C30H35ClN4O3/c1-20-11-16-27(34-28(20)23-12-13-23)35-29(36)25-15-14-24(31)18-26(25)32-17-7-6-8-21(2)33-30(37)38-19-22-9-4-3-5-10-22/h3-5,9-11,14-16,18,21,23,32H,6-8,12-13,17,19H2,1-2H3,(H,33,37)(H,34,35,36). The summed E-state index contributed by atoms with van der Waals surface area (Å²) in [5.74, 6) is 0.846. The molecular weight excluding hydrogens is 500 g/mol. The summed E-state index contributed by atoms with van der Waals surface area (Å²) < 4.78 is 5.28. The van der Waals surface area contributed by atoms with E-state index in [1.54, 1.807) is 18.2 Å². The predicted molar refractivity (Wildman–Crippen MR) is 152 cm³/mol. The van der Waals surface area contributed by atoms with Gasteiger partial charge in [0.1, 0.15) is 12.4 Å². The third-order valence-corrected chi connectivity index (χ3v) is 6.76. The maximum atomic E-state index is 13.1. The number of alkyl carbamates (subject to hydrolysis) is 1. The second-order valence-electron chi connectivity index (χ2n) is 9.85. The molecule has 3 aromatic rings. The Hall–Kier alpha value is -3.58. The zero-order valence-electron chi connectivity index (χ0n) is 21.9. The van der Waals surface area contributed by atoms with Gasteiger partial charge in [0.15, 0.2) is 0 Å². The highest BCUT2D eigenvalue weighted by Crippen LogP contribution is 2.40. The van der Waals surface area contributed by atoms with Crippen molar-refractivity contribution in [3.05, 3.63) is 88.1 Å². The van der Waals surface area contributed by atoms with Gasteiger partial charge in [-0.25, -0.2) is 9.78 Å². The number of ether oxygens (including phenoxy) is 1. The smallest absolute Gasteiger partial charge is 0.407 e. The van der Waals surface area contributed by atoms with Gasteiger partial charge in [0.2, 0.25) is 0 Å². The van der Waals surface area contributed by atoms with Gasteiger partial charge in [-0.05, 0) is 81.3 Å². The highest BCUT2D eigenvalue weighted by molar-refractivity contribution is 6.31. The quantitative estimate of drug-likeness (QED) is 0.216. The number of carbonyl (C=O) groups excluding carboxylic acids is 2. The summed E-state index contributed by atoms with van der Waals surface area (Å²) in [6, 6.07) is 18.6. The van der Waals surface area contributed by atoms with Crippen LogP contribution in [0.15, 0.2) is 60.7 Å². The molecule has 1 aliphatic rings. The van der Waals surface area contributed by atoms with E-state index in [1.165, 1.54) is 0 Å². The SMILES string of the molecule is Cc1ccc(NC(=O)c2ccc(Cl)cc2NCCCCC(C)NC(=O)OCc2ccccc2)nc1C1CC1. The molecule has 0 saturated heterocycles. The zero-order valence-corrected chi connectivity index (χ0v) is 22.7. The lowest BCUT2D eigenvalue weighted by Crippen LogP contribution is -2.33. The Morgan fingerprint density at radius 3 is 2.63 bits per heavy atom. The number of hydrogen-bond donors (Lipinski definition) is 3. The number of unbranched alkanes of at least 4 members (excludes halogenated alkanes) is 1. The molecule has 1 fully saturated rings. The van der Waals surface area contributed by atoms with E-state index in [0.717, 1.165) is 48.9 Å². The van der Waals surface area contributed by atoms with Gasteiger partial charge >= 0.3 is 6.09 Å². The van der Waals surface area contributed by atoms with E-state index >= 15 is 0 Å². The van der Waals surface area contributed by atoms with Crippen LogP contribution in [0, 0.1) is 6.92 Å². The number of carbonyl (C=O) groups is 2. The van der Waals surface area contributed by atoms with E-state index in [4.69, 9.17) is 16.3 Å². The van der Waals surface area contributed by atoms with Crippen LogP contribution in [0.1, 0.15) is 72.1 Å². The van der Waals surface area contributed by atoms with Crippen molar-refractivity contribution in [2.24, 2.45) is 0 Å². The van der Waals surface area contributed by atoms with Crippen LogP contribution in [0.3, 0.4) is 0 Å². The second kappa shape index (κ2) is 13.3. The average Bonchev–Trinajstić information content (AvgIpc) is 3.74. The molecule has 3 N–H and O–H groups in total. The minimum atomic E-state index is -0.415. The summed E-state index contributed by atoms with van der Waals surface area (Å²) in [5, 5.41) is 9.71. The number of rotatable bonds is 12. The van der Waals surface area contributed by atoms with E-state index in [2.05, 4.69) is 27.9 Å². The van der Waals surface area contributed by atoms with E-state index in [0.29, 0.717) is 34.6 Å². The van der Waals surface area contributed by atoms with E-state index in [1.807, 2.05) is 49.4 Å². The van der Waals surface area contributed by atoms with Crippen molar-refractivity contribution in [2.45, 2.75) is 64.5 Å². The Morgan fingerprint density at radius 1 is 1.08 bits per heavy atom. The minimum absolute atomic E-state index is 0.00618. The zero-order chi connectivity index (χ0) is 26.9. The van der Waals surface area contributed by atoms with Gasteiger partial charge < -0.3 is 20.7 Å². The molecule has 2 aromatic carbocycles. The van der Waals surface area contributed by atoms with Crippen molar-refractivity contribution in [3.8, 4) is 0 Å². The lowest BCUT2D eigenvalue weighted by atomic mass is 10.1. The van der Waals surface area contributed by atoms with Crippen molar-refractivity contribution >= 4 is 35.1 Å². The first-order valence-corrected chi connectivity index (χ1v) is 13.6. The molecule has 1 unspecified atom stereocenters. The molecular formula is C30H35ClN4O3. The Bertz CT molecular complexity index is 1250. The van der Waals surface area contributed by atoms with Crippen molar-refractivity contribution in [3.63, 3.8) is 0 Å². The highest BCUT2D eigenvalue weighted by Gasteiger charge is 2.27. The summed E-state index contributed by atoms with van der Waals surface area (Å²) in [6.07, 6.45) is 4.47. The maximum absolute atomic E-state index is 13.1. The average molecular weight is 535 g/mol. The molecule has 1 saturated carbocycles. The molecule has 7 nitrogen and oxygen atoms in total.